The Morgan fingerprint density at radius 2 is 2.17 bits per heavy atom. The van der Waals surface area contributed by atoms with Gasteiger partial charge in [-0.2, -0.15) is 0 Å². The van der Waals surface area contributed by atoms with E-state index in [2.05, 4.69) is 4.98 Å². The number of ether oxygens (including phenoxy) is 1. The van der Waals surface area contributed by atoms with Gasteiger partial charge in [0.15, 0.2) is 0 Å². The van der Waals surface area contributed by atoms with Crippen molar-refractivity contribution in [2.75, 3.05) is 13.1 Å². The van der Waals surface area contributed by atoms with E-state index in [1.54, 1.807) is 11.1 Å². The van der Waals surface area contributed by atoms with Crippen LogP contribution in [0.1, 0.15) is 25.8 Å². The number of carbonyl (C=O) groups excluding carboxylic acids is 1. The van der Waals surface area contributed by atoms with Gasteiger partial charge in [0.2, 0.25) is 0 Å². The number of carbonyl (C=O) groups is 1. The maximum Gasteiger partial charge on any atom is 0.410 e. The van der Waals surface area contributed by atoms with Gasteiger partial charge in [-0.3, -0.25) is 0 Å². The van der Waals surface area contributed by atoms with Crippen LogP contribution in [0.5, 0.6) is 0 Å². The van der Waals surface area contributed by atoms with E-state index in [0.29, 0.717) is 13.1 Å². The van der Waals surface area contributed by atoms with Gasteiger partial charge in [0.25, 0.3) is 0 Å². The van der Waals surface area contributed by atoms with E-state index in [4.69, 9.17) is 10.5 Å². The Morgan fingerprint density at radius 1 is 1.56 bits per heavy atom. The summed E-state index contributed by atoms with van der Waals surface area (Å²) >= 11 is 1.52. The van der Waals surface area contributed by atoms with Gasteiger partial charge >= 0.3 is 6.09 Å². The smallest absolute Gasteiger partial charge is 0.410 e. The van der Waals surface area contributed by atoms with Crippen molar-refractivity contribution >= 4 is 29.8 Å². The quantitative estimate of drug-likeness (QED) is 0.859. The first-order chi connectivity index (χ1) is 7.80. The van der Waals surface area contributed by atoms with Crippen LogP contribution in [0, 0.1) is 0 Å². The molecule has 1 aromatic rings. The molecule has 0 aromatic carbocycles. The van der Waals surface area contributed by atoms with Crippen molar-refractivity contribution in [3.8, 4) is 0 Å². The highest BCUT2D eigenvalue weighted by Gasteiger charge is 2.46. The number of halogens is 1. The molecule has 0 radical (unpaired) electrons. The zero-order chi connectivity index (χ0) is 12.7. The summed E-state index contributed by atoms with van der Waals surface area (Å²) in [6.07, 6.45) is 1.42. The van der Waals surface area contributed by atoms with Gasteiger partial charge in [0.05, 0.1) is 13.1 Å². The fraction of sp³-hybridized carbons (Fsp3) is 0.636. The predicted octanol–water partition coefficient (Wildman–Crippen LogP) is 1.97. The Labute approximate surface area is 117 Å². The Hall–Kier alpha value is -0.850. The van der Waals surface area contributed by atoms with Gasteiger partial charge in [0.1, 0.15) is 16.1 Å². The Morgan fingerprint density at radius 3 is 2.61 bits per heavy atom. The monoisotopic (exact) mass is 291 g/mol. The molecule has 2 heterocycles. The predicted molar refractivity (Wildman–Crippen MR) is 73.0 cm³/mol. The highest BCUT2D eigenvalue weighted by molar-refractivity contribution is 7.09. The van der Waals surface area contributed by atoms with Gasteiger partial charge in [-0.1, -0.05) is 0 Å². The molecule has 2 N–H and O–H groups in total. The van der Waals surface area contributed by atoms with Crippen LogP contribution in [-0.2, 0) is 10.3 Å². The number of thiazole rings is 1. The SMILES string of the molecule is CC(C)(C)OC(=O)N1CC(N)(c2nccs2)C1.Cl. The molecule has 0 aliphatic carbocycles. The van der Waals surface area contributed by atoms with Crippen molar-refractivity contribution in [1.82, 2.24) is 9.88 Å². The minimum atomic E-state index is -0.495. The lowest BCUT2D eigenvalue weighted by Gasteiger charge is -2.46. The highest BCUT2D eigenvalue weighted by atomic mass is 35.5. The number of aromatic nitrogens is 1. The molecule has 2 rings (SSSR count). The molecule has 1 fully saturated rings. The first kappa shape index (κ1) is 15.2. The van der Waals surface area contributed by atoms with E-state index in [0.717, 1.165) is 5.01 Å². The minimum absolute atomic E-state index is 0. The summed E-state index contributed by atoms with van der Waals surface area (Å²) in [6.45, 7) is 6.48. The molecule has 1 saturated heterocycles. The summed E-state index contributed by atoms with van der Waals surface area (Å²) in [4.78, 5) is 17.5. The number of nitrogens with two attached hydrogens (primary N) is 1. The summed E-state index contributed by atoms with van der Waals surface area (Å²) in [5.74, 6) is 0. The first-order valence-electron chi connectivity index (χ1n) is 5.47. The van der Waals surface area contributed by atoms with E-state index >= 15 is 0 Å². The molecule has 1 aliphatic rings. The van der Waals surface area contributed by atoms with Gasteiger partial charge < -0.3 is 15.4 Å². The third-order valence-electron chi connectivity index (χ3n) is 2.46. The van der Waals surface area contributed by atoms with Crippen LogP contribution in [0.3, 0.4) is 0 Å². The molecule has 0 spiro atoms. The van der Waals surface area contributed by atoms with Crippen molar-refractivity contribution in [3.63, 3.8) is 0 Å². The molecule has 0 unspecified atom stereocenters. The number of likely N-dealkylation sites (tertiary alicyclic amines) is 1. The second-order valence-corrected chi connectivity index (χ2v) is 6.22. The molecule has 102 valence electrons. The standard InChI is InChI=1S/C11H17N3O2S.ClH/c1-10(2,3)16-9(15)14-6-11(12,7-14)8-13-4-5-17-8;/h4-5H,6-7,12H2,1-3H3;1H. The molecular weight excluding hydrogens is 274 g/mol. The van der Waals surface area contributed by atoms with Crippen LogP contribution in [0.25, 0.3) is 0 Å². The molecular formula is C11H18ClN3O2S. The van der Waals surface area contributed by atoms with Gasteiger partial charge in [-0.05, 0) is 20.8 Å². The number of rotatable bonds is 1. The van der Waals surface area contributed by atoms with Crippen molar-refractivity contribution < 1.29 is 9.53 Å². The lowest BCUT2D eigenvalue weighted by molar-refractivity contribution is -0.00891. The normalized spacial score (nSPS) is 17.7. The van der Waals surface area contributed by atoms with Gasteiger partial charge in [-0.25, -0.2) is 9.78 Å². The molecule has 0 atom stereocenters. The van der Waals surface area contributed by atoms with Crippen LogP contribution in [0.15, 0.2) is 11.6 Å². The van der Waals surface area contributed by atoms with Crippen LogP contribution >= 0.6 is 23.7 Å². The van der Waals surface area contributed by atoms with E-state index in [1.807, 2.05) is 26.2 Å². The minimum Gasteiger partial charge on any atom is -0.444 e. The maximum absolute atomic E-state index is 11.7. The summed E-state index contributed by atoms with van der Waals surface area (Å²) in [5, 5.41) is 2.76. The Kier molecular flexibility index (Phi) is 4.25. The molecule has 1 aromatic heterocycles. The van der Waals surface area contributed by atoms with Crippen LogP contribution in [0.2, 0.25) is 0 Å². The summed E-state index contributed by atoms with van der Waals surface area (Å²) in [5.41, 5.74) is 5.20. The second-order valence-electron chi connectivity index (χ2n) is 5.33. The Bertz CT molecular complexity index is 410. The number of amides is 1. The molecule has 1 amide bonds. The zero-order valence-electron chi connectivity index (χ0n) is 10.7. The van der Waals surface area contributed by atoms with Crippen molar-refractivity contribution in [2.45, 2.75) is 31.9 Å². The van der Waals surface area contributed by atoms with Crippen LogP contribution < -0.4 is 5.73 Å². The number of nitrogens with zero attached hydrogens (tertiary/aromatic N) is 2. The summed E-state index contributed by atoms with van der Waals surface area (Å²) < 4.78 is 5.27. The van der Waals surface area contributed by atoms with Crippen molar-refractivity contribution in [1.29, 1.82) is 0 Å². The highest BCUT2D eigenvalue weighted by Crippen LogP contribution is 2.31. The fourth-order valence-electron chi connectivity index (χ4n) is 1.70. The summed E-state index contributed by atoms with van der Waals surface area (Å²) in [7, 11) is 0. The molecule has 0 saturated carbocycles. The van der Waals surface area contributed by atoms with Crippen LogP contribution in [0.4, 0.5) is 4.79 Å². The summed E-state index contributed by atoms with van der Waals surface area (Å²) in [6, 6.07) is 0. The van der Waals surface area contributed by atoms with Crippen LogP contribution in [-0.4, -0.2) is 34.7 Å². The number of hydrogen-bond donors (Lipinski definition) is 1. The average molecular weight is 292 g/mol. The van der Waals surface area contributed by atoms with E-state index in [1.165, 1.54) is 11.3 Å². The first-order valence-corrected chi connectivity index (χ1v) is 6.35. The molecule has 7 heteroatoms. The van der Waals surface area contributed by atoms with Crippen molar-refractivity contribution in [2.24, 2.45) is 5.73 Å². The van der Waals surface area contributed by atoms with E-state index < -0.39 is 11.1 Å². The molecule has 18 heavy (non-hydrogen) atoms. The maximum atomic E-state index is 11.7. The number of hydrogen-bond acceptors (Lipinski definition) is 5. The largest absolute Gasteiger partial charge is 0.444 e. The van der Waals surface area contributed by atoms with Gasteiger partial charge in [0, 0.05) is 11.6 Å². The average Bonchev–Trinajstić information content (AvgIpc) is 2.62. The lowest BCUT2D eigenvalue weighted by Crippen LogP contribution is -2.66. The molecule has 1 aliphatic heterocycles. The van der Waals surface area contributed by atoms with E-state index in [-0.39, 0.29) is 18.5 Å². The van der Waals surface area contributed by atoms with Crippen molar-refractivity contribution in [3.05, 3.63) is 16.6 Å². The zero-order valence-corrected chi connectivity index (χ0v) is 12.3. The molecule has 5 nitrogen and oxygen atoms in total. The van der Waals surface area contributed by atoms with Gasteiger partial charge in [-0.15, -0.1) is 23.7 Å². The molecule has 0 bridgehead atoms. The Balaban J connectivity index is 0.00000162. The topological polar surface area (TPSA) is 68.5 Å². The third kappa shape index (κ3) is 3.13. The lowest BCUT2D eigenvalue weighted by atomic mass is 9.92. The second kappa shape index (κ2) is 5.03. The fourth-order valence-corrected chi connectivity index (χ4v) is 2.43. The third-order valence-corrected chi connectivity index (χ3v) is 3.45. The van der Waals surface area contributed by atoms with E-state index in [9.17, 15) is 4.79 Å².